The molecule has 1 aliphatic carbocycles. The summed E-state index contributed by atoms with van der Waals surface area (Å²) in [6.07, 6.45) is 5.59. The van der Waals surface area contributed by atoms with Crippen LogP contribution in [0.1, 0.15) is 50.9 Å². The quantitative estimate of drug-likeness (QED) is 0.470. The Kier molecular flexibility index (Phi) is 4.70. The van der Waals surface area contributed by atoms with Gasteiger partial charge in [0.2, 0.25) is 0 Å². The zero-order valence-electron chi connectivity index (χ0n) is 18.5. The first-order chi connectivity index (χ1) is 16.5. The highest BCUT2D eigenvalue weighted by molar-refractivity contribution is 6.35. The van der Waals surface area contributed by atoms with Gasteiger partial charge in [0.25, 0.3) is 11.8 Å². The van der Waals surface area contributed by atoms with Crippen molar-refractivity contribution < 1.29 is 9.59 Å². The van der Waals surface area contributed by atoms with Gasteiger partial charge in [-0.15, -0.1) is 0 Å². The first-order valence-electron chi connectivity index (χ1n) is 11.2. The summed E-state index contributed by atoms with van der Waals surface area (Å²) >= 11 is 6.28. The number of carbonyl (C=O) groups excluding carboxylic acids is 2. The monoisotopic (exact) mass is 475 g/mol. The third kappa shape index (κ3) is 3.19. The largest absolute Gasteiger partial charge is 0.350 e. The van der Waals surface area contributed by atoms with Gasteiger partial charge in [0.15, 0.2) is 11.5 Å². The second-order valence-corrected chi connectivity index (χ2v) is 9.27. The predicted molar refractivity (Wildman–Crippen MR) is 125 cm³/mol. The maximum Gasteiger partial charge on any atom is 0.275 e. The molecule has 172 valence electrons. The van der Waals surface area contributed by atoms with E-state index in [4.69, 9.17) is 11.6 Å². The van der Waals surface area contributed by atoms with Crippen LogP contribution in [-0.4, -0.2) is 60.4 Å². The van der Waals surface area contributed by atoms with Crippen LogP contribution in [0, 0.1) is 0 Å². The van der Waals surface area contributed by atoms with Gasteiger partial charge in [-0.05, 0) is 37.1 Å². The molecule has 1 fully saturated rings. The van der Waals surface area contributed by atoms with Crippen LogP contribution in [0.15, 0.2) is 42.7 Å². The van der Waals surface area contributed by atoms with Crippen molar-refractivity contribution in [2.75, 3.05) is 13.6 Å². The second-order valence-electron chi connectivity index (χ2n) is 8.86. The third-order valence-electron chi connectivity index (χ3n) is 6.92. The number of nitrogens with one attached hydrogen (secondary N) is 2. The molecule has 0 saturated heterocycles. The number of halogens is 1. The summed E-state index contributed by atoms with van der Waals surface area (Å²) in [4.78, 5) is 42.1. The number of fused-ring (bicyclic) bond motifs is 2. The van der Waals surface area contributed by atoms with Crippen molar-refractivity contribution in [3.8, 4) is 0 Å². The van der Waals surface area contributed by atoms with Gasteiger partial charge in [-0.3, -0.25) is 14.7 Å². The minimum absolute atomic E-state index is 0.137. The summed E-state index contributed by atoms with van der Waals surface area (Å²) in [5.74, 6) is 0.306. The Morgan fingerprint density at radius 3 is 2.71 bits per heavy atom. The number of aromatic amines is 2. The summed E-state index contributed by atoms with van der Waals surface area (Å²) in [5, 5.41) is 8.76. The van der Waals surface area contributed by atoms with E-state index < -0.39 is 5.54 Å². The minimum Gasteiger partial charge on any atom is -0.350 e. The fourth-order valence-electron chi connectivity index (χ4n) is 4.77. The van der Waals surface area contributed by atoms with E-state index >= 15 is 0 Å². The van der Waals surface area contributed by atoms with Crippen LogP contribution in [0.5, 0.6) is 0 Å². The molecule has 4 heterocycles. The van der Waals surface area contributed by atoms with Gasteiger partial charge in [0.05, 0.1) is 6.54 Å². The Morgan fingerprint density at radius 2 is 1.97 bits per heavy atom. The van der Waals surface area contributed by atoms with Crippen molar-refractivity contribution in [1.29, 1.82) is 0 Å². The van der Waals surface area contributed by atoms with E-state index in [9.17, 15) is 9.59 Å². The fraction of sp³-hybridized carbons (Fsp3) is 0.292. The average molecular weight is 476 g/mol. The Balaban J connectivity index is 1.26. The number of hydrogen-bond donors (Lipinski definition) is 2. The van der Waals surface area contributed by atoms with Crippen LogP contribution >= 0.6 is 11.6 Å². The molecule has 4 aromatic rings. The summed E-state index contributed by atoms with van der Waals surface area (Å²) in [6, 6.07) is 9.07. The van der Waals surface area contributed by atoms with Crippen LogP contribution in [-0.2, 0) is 18.5 Å². The van der Waals surface area contributed by atoms with E-state index in [-0.39, 0.29) is 11.8 Å². The van der Waals surface area contributed by atoms with E-state index in [1.807, 2.05) is 12.1 Å². The van der Waals surface area contributed by atoms with Gasteiger partial charge >= 0.3 is 0 Å². The Labute approximate surface area is 200 Å². The highest BCUT2D eigenvalue weighted by Gasteiger charge is 2.53. The van der Waals surface area contributed by atoms with E-state index in [0.29, 0.717) is 41.7 Å². The molecular weight excluding hydrogens is 454 g/mol. The predicted octanol–water partition coefficient (Wildman–Crippen LogP) is 3.29. The SMILES string of the molecule is CN(C(=O)c1n[nH]c2c1CN(C(=O)c1cc3c(Cl)cccc3[nH]1)CC2)C1(c2ncccn2)CC1. The minimum atomic E-state index is -0.502. The van der Waals surface area contributed by atoms with E-state index in [1.54, 1.807) is 47.4 Å². The highest BCUT2D eigenvalue weighted by Crippen LogP contribution is 2.49. The molecule has 1 saturated carbocycles. The first-order valence-corrected chi connectivity index (χ1v) is 11.5. The number of hydrogen-bond acceptors (Lipinski definition) is 5. The summed E-state index contributed by atoms with van der Waals surface area (Å²) in [5.41, 5.74) is 2.77. The van der Waals surface area contributed by atoms with Gasteiger partial charge in [-0.2, -0.15) is 5.10 Å². The van der Waals surface area contributed by atoms with Crippen molar-refractivity contribution in [3.05, 3.63) is 76.2 Å². The van der Waals surface area contributed by atoms with Crippen LogP contribution in [0.4, 0.5) is 0 Å². The van der Waals surface area contributed by atoms with Crippen molar-refractivity contribution >= 4 is 34.3 Å². The Hall–Kier alpha value is -3.72. The summed E-state index contributed by atoms with van der Waals surface area (Å²) in [6.45, 7) is 0.833. The number of amides is 2. The van der Waals surface area contributed by atoms with Crippen LogP contribution in [0.3, 0.4) is 0 Å². The lowest BCUT2D eigenvalue weighted by Crippen LogP contribution is -2.40. The molecule has 1 aliphatic heterocycles. The molecule has 2 amide bonds. The summed E-state index contributed by atoms with van der Waals surface area (Å²) < 4.78 is 0. The Bertz CT molecular complexity index is 1420. The smallest absolute Gasteiger partial charge is 0.275 e. The van der Waals surface area contributed by atoms with Crippen molar-refractivity contribution in [2.24, 2.45) is 0 Å². The Morgan fingerprint density at radius 1 is 1.18 bits per heavy atom. The second kappa shape index (κ2) is 7.66. The molecule has 34 heavy (non-hydrogen) atoms. The maximum atomic E-state index is 13.5. The maximum absolute atomic E-state index is 13.5. The molecule has 6 rings (SSSR count). The number of rotatable bonds is 4. The van der Waals surface area contributed by atoms with Gasteiger partial charge in [0, 0.05) is 59.6 Å². The van der Waals surface area contributed by atoms with E-state index in [0.717, 1.165) is 35.0 Å². The first kappa shape index (κ1) is 20.9. The van der Waals surface area contributed by atoms with E-state index in [2.05, 4.69) is 25.1 Å². The molecule has 2 aliphatic rings. The normalized spacial score (nSPS) is 16.4. The fourth-order valence-corrected chi connectivity index (χ4v) is 5.00. The van der Waals surface area contributed by atoms with Gasteiger partial charge in [0.1, 0.15) is 11.2 Å². The molecular formula is C24H22ClN7O2. The molecule has 0 bridgehead atoms. The van der Waals surface area contributed by atoms with Crippen molar-refractivity contribution in [1.82, 2.24) is 34.9 Å². The molecule has 10 heteroatoms. The number of H-pyrrole nitrogens is 2. The zero-order valence-corrected chi connectivity index (χ0v) is 19.3. The lowest BCUT2D eigenvalue weighted by atomic mass is 10.0. The number of aromatic nitrogens is 5. The van der Waals surface area contributed by atoms with Gasteiger partial charge in [-0.1, -0.05) is 17.7 Å². The lowest BCUT2D eigenvalue weighted by Gasteiger charge is -2.29. The van der Waals surface area contributed by atoms with Crippen molar-refractivity contribution in [2.45, 2.75) is 31.3 Å². The number of carbonyl (C=O) groups is 2. The standard InChI is InChI=1S/C24H22ClN7O2/c1-31(24(7-8-24)23-26-9-3-10-27-23)22(34)20-15-13-32(11-6-18(15)29-30-20)21(33)19-12-14-16(25)4-2-5-17(14)28-19/h2-5,9-10,12,28H,6-8,11,13H2,1H3,(H,29,30). The lowest BCUT2D eigenvalue weighted by molar-refractivity contribution is 0.0674. The number of benzene rings is 1. The molecule has 1 aromatic carbocycles. The summed E-state index contributed by atoms with van der Waals surface area (Å²) in [7, 11) is 1.77. The molecule has 9 nitrogen and oxygen atoms in total. The van der Waals surface area contributed by atoms with Crippen LogP contribution in [0.2, 0.25) is 5.02 Å². The third-order valence-corrected chi connectivity index (χ3v) is 7.25. The van der Waals surface area contributed by atoms with E-state index in [1.165, 1.54) is 0 Å². The molecule has 0 spiro atoms. The molecule has 0 atom stereocenters. The molecule has 2 N–H and O–H groups in total. The molecule has 3 aromatic heterocycles. The van der Waals surface area contributed by atoms with Crippen LogP contribution < -0.4 is 0 Å². The van der Waals surface area contributed by atoms with Crippen LogP contribution in [0.25, 0.3) is 10.9 Å². The van der Waals surface area contributed by atoms with Gasteiger partial charge in [-0.25, -0.2) is 9.97 Å². The highest BCUT2D eigenvalue weighted by atomic mass is 35.5. The average Bonchev–Trinajstić information content (AvgIpc) is 3.38. The molecule has 0 unspecified atom stereocenters. The zero-order chi connectivity index (χ0) is 23.4. The topological polar surface area (TPSA) is 111 Å². The van der Waals surface area contributed by atoms with Gasteiger partial charge < -0.3 is 14.8 Å². The van der Waals surface area contributed by atoms with Crippen molar-refractivity contribution in [3.63, 3.8) is 0 Å². The molecule has 0 radical (unpaired) electrons. The number of nitrogens with zero attached hydrogens (tertiary/aromatic N) is 5.